The van der Waals surface area contributed by atoms with E-state index in [4.69, 9.17) is 0 Å². The molecule has 0 amide bonds. The molecule has 2 aromatic carbocycles. The largest absolute Gasteiger partial charge is 0.478 e. The lowest BCUT2D eigenvalue weighted by molar-refractivity contribution is -0.384. The fraction of sp³-hybridized carbons (Fsp3) is 0.250. The molecule has 0 spiro atoms. The summed E-state index contributed by atoms with van der Waals surface area (Å²) in [7, 11) is 0. The second-order valence-electron chi connectivity index (χ2n) is 6.85. The number of fused-ring (bicyclic) bond motifs is 3. The summed E-state index contributed by atoms with van der Waals surface area (Å²) >= 11 is 0. The molecule has 1 aliphatic heterocycles. The van der Waals surface area contributed by atoms with E-state index in [1.807, 2.05) is 13.0 Å². The van der Waals surface area contributed by atoms with Gasteiger partial charge in [0.1, 0.15) is 0 Å². The minimum Gasteiger partial charge on any atom is -0.478 e. The normalized spacial score (nSPS) is 23.0. The van der Waals surface area contributed by atoms with E-state index in [9.17, 15) is 20.0 Å². The summed E-state index contributed by atoms with van der Waals surface area (Å²) in [6, 6.07) is 10.0. The molecular formula is C20H18N2O4. The van der Waals surface area contributed by atoms with Gasteiger partial charge in [-0.05, 0) is 42.0 Å². The third-order valence-electron chi connectivity index (χ3n) is 5.40. The first-order valence-electron chi connectivity index (χ1n) is 8.51. The van der Waals surface area contributed by atoms with Crippen LogP contribution in [0.3, 0.4) is 0 Å². The third kappa shape index (κ3) is 2.45. The van der Waals surface area contributed by atoms with Gasteiger partial charge >= 0.3 is 5.97 Å². The van der Waals surface area contributed by atoms with E-state index in [0.717, 1.165) is 28.8 Å². The van der Waals surface area contributed by atoms with Gasteiger partial charge in [-0.25, -0.2) is 4.79 Å². The number of carboxylic acids is 1. The van der Waals surface area contributed by atoms with Crippen molar-refractivity contribution < 1.29 is 14.8 Å². The fourth-order valence-corrected chi connectivity index (χ4v) is 4.20. The number of benzene rings is 2. The highest BCUT2D eigenvalue weighted by Crippen LogP contribution is 2.51. The second-order valence-corrected chi connectivity index (χ2v) is 6.85. The van der Waals surface area contributed by atoms with Crippen molar-refractivity contribution in [3.05, 3.63) is 80.9 Å². The first-order valence-corrected chi connectivity index (χ1v) is 8.51. The number of carboxylic acid groups (broad SMARTS) is 1. The predicted octanol–water partition coefficient (Wildman–Crippen LogP) is 4.43. The molecule has 2 aromatic rings. The molecule has 0 aromatic heterocycles. The SMILES string of the molecule is Cc1ccc(C(=O)O)c2c1N[C@H](c1cccc([N+](=O)[O-])c1)[C@@H]1CC=C[C@H]21. The number of aryl methyl sites for hydroxylation is 1. The van der Waals surface area contributed by atoms with E-state index in [0.29, 0.717) is 5.56 Å². The van der Waals surface area contributed by atoms with Gasteiger partial charge in [-0.3, -0.25) is 10.1 Å². The van der Waals surface area contributed by atoms with Crippen molar-refractivity contribution in [1.82, 2.24) is 0 Å². The summed E-state index contributed by atoms with van der Waals surface area (Å²) in [5, 5.41) is 24.2. The van der Waals surface area contributed by atoms with Crippen LogP contribution in [0.4, 0.5) is 11.4 Å². The molecule has 0 saturated heterocycles. The van der Waals surface area contributed by atoms with Gasteiger partial charge in [-0.1, -0.05) is 30.4 Å². The molecule has 2 N–H and O–H groups in total. The quantitative estimate of drug-likeness (QED) is 0.485. The van der Waals surface area contributed by atoms with E-state index in [1.54, 1.807) is 24.3 Å². The summed E-state index contributed by atoms with van der Waals surface area (Å²) in [5.41, 5.74) is 3.85. The van der Waals surface area contributed by atoms with E-state index in [-0.39, 0.29) is 23.6 Å². The first kappa shape index (κ1) is 16.3. The fourth-order valence-electron chi connectivity index (χ4n) is 4.20. The number of nitrogens with one attached hydrogen (secondary N) is 1. The van der Waals surface area contributed by atoms with Crippen LogP contribution < -0.4 is 5.32 Å². The van der Waals surface area contributed by atoms with Crippen LogP contribution in [-0.2, 0) is 0 Å². The Balaban J connectivity index is 1.85. The number of anilines is 1. The van der Waals surface area contributed by atoms with Crippen LogP contribution in [-0.4, -0.2) is 16.0 Å². The van der Waals surface area contributed by atoms with Crippen LogP contribution in [0.1, 0.15) is 45.4 Å². The number of carbonyl (C=O) groups is 1. The molecule has 3 atom stereocenters. The lowest BCUT2D eigenvalue weighted by atomic mass is 9.74. The van der Waals surface area contributed by atoms with Gasteiger partial charge in [-0.15, -0.1) is 0 Å². The van der Waals surface area contributed by atoms with Gasteiger partial charge < -0.3 is 10.4 Å². The lowest BCUT2D eigenvalue weighted by Crippen LogP contribution is -2.31. The number of rotatable bonds is 3. The molecule has 0 unspecified atom stereocenters. The molecule has 0 saturated carbocycles. The Morgan fingerprint density at radius 3 is 2.85 bits per heavy atom. The Bertz CT molecular complexity index is 951. The molecule has 132 valence electrons. The summed E-state index contributed by atoms with van der Waals surface area (Å²) in [5.74, 6) is -0.818. The van der Waals surface area contributed by atoms with E-state index >= 15 is 0 Å². The Morgan fingerprint density at radius 2 is 2.12 bits per heavy atom. The van der Waals surface area contributed by atoms with Gasteiger partial charge in [0.25, 0.3) is 5.69 Å². The lowest BCUT2D eigenvalue weighted by Gasteiger charge is -2.39. The molecule has 0 fully saturated rings. The zero-order valence-electron chi connectivity index (χ0n) is 14.2. The minimum absolute atomic E-state index is 0.0125. The predicted molar refractivity (Wildman–Crippen MR) is 97.6 cm³/mol. The molecule has 4 rings (SSSR count). The van der Waals surface area contributed by atoms with Crippen molar-refractivity contribution in [2.24, 2.45) is 5.92 Å². The van der Waals surface area contributed by atoms with Crippen molar-refractivity contribution in [1.29, 1.82) is 0 Å². The van der Waals surface area contributed by atoms with Crippen molar-refractivity contribution in [3.63, 3.8) is 0 Å². The van der Waals surface area contributed by atoms with Crippen molar-refractivity contribution in [2.75, 3.05) is 5.32 Å². The minimum atomic E-state index is -0.934. The zero-order valence-corrected chi connectivity index (χ0v) is 14.2. The maximum Gasteiger partial charge on any atom is 0.336 e. The van der Waals surface area contributed by atoms with E-state index in [2.05, 4.69) is 17.5 Å². The Labute approximate surface area is 150 Å². The Kier molecular flexibility index (Phi) is 3.76. The summed E-state index contributed by atoms with van der Waals surface area (Å²) in [4.78, 5) is 22.5. The first-order chi connectivity index (χ1) is 12.5. The highest BCUT2D eigenvalue weighted by atomic mass is 16.6. The van der Waals surface area contributed by atoms with E-state index in [1.165, 1.54) is 6.07 Å². The summed E-state index contributed by atoms with van der Waals surface area (Å²) < 4.78 is 0. The standard InChI is InChI=1S/C20H18N2O4/c1-11-8-9-16(20(23)24)17-14-6-3-7-15(14)19(21-18(11)17)12-4-2-5-13(10-12)22(25)26/h2-6,8-10,14-15,19,21H,7H2,1H3,(H,23,24)/t14-,15+,19+/m0/s1. The highest BCUT2D eigenvalue weighted by molar-refractivity contribution is 5.93. The van der Waals surface area contributed by atoms with Crippen LogP contribution in [0, 0.1) is 23.0 Å². The second kappa shape index (κ2) is 5.98. The van der Waals surface area contributed by atoms with Crippen molar-refractivity contribution >= 4 is 17.3 Å². The maximum absolute atomic E-state index is 11.7. The average molecular weight is 350 g/mol. The van der Waals surface area contributed by atoms with E-state index < -0.39 is 10.9 Å². The van der Waals surface area contributed by atoms with Crippen LogP contribution in [0.2, 0.25) is 0 Å². The summed E-state index contributed by atoms with van der Waals surface area (Å²) in [6.07, 6.45) is 4.95. The van der Waals surface area contributed by atoms with Crippen molar-refractivity contribution in [3.8, 4) is 0 Å². The smallest absolute Gasteiger partial charge is 0.336 e. The zero-order chi connectivity index (χ0) is 18.4. The molecular weight excluding hydrogens is 332 g/mol. The number of aromatic carboxylic acids is 1. The van der Waals surface area contributed by atoms with Gasteiger partial charge in [0.05, 0.1) is 16.5 Å². The van der Waals surface area contributed by atoms with Crippen LogP contribution in [0.5, 0.6) is 0 Å². The Hall–Kier alpha value is -3.15. The molecule has 6 nitrogen and oxygen atoms in total. The Morgan fingerprint density at radius 1 is 1.31 bits per heavy atom. The maximum atomic E-state index is 11.7. The number of nitro benzene ring substituents is 1. The number of allylic oxidation sites excluding steroid dienone is 2. The average Bonchev–Trinajstić information content (AvgIpc) is 3.11. The number of non-ortho nitro benzene ring substituents is 1. The van der Waals surface area contributed by atoms with Crippen LogP contribution in [0.15, 0.2) is 48.6 Å². The third-order valence-corrected chi connectivity index (χ3v) is 5.40. The molecule has 26 heavy (non-hydrogen) atoms. The van der Waals surface area contributed by atoms with Gasteiger partial charge in [0, 0.05) is 23.7 Å². The van der Waals surface area contributed by atoms with Crippen molar-refractivity contribution in [2.45, 2.75) is 25.3 Å². The monoisotopic (exact) mass is 350 g/mol. The molecule has 0 bridgehead atoms. The molecule has 1 aliphatic carbocycles. The summed E-state index contributed by atoms with van der Waals surface area (Å²) in [6.45, 7) is 1.95. The van der Waals surface area contributed by atoms with Crippen LogP contribution in [0.25, 0.3) is 0 Å². The van der Waals surface area contributed by atoms with Gasteiger partial charge in [0.2, 0.25) is 0 Å². The highest BCUT2D eigenvalue weighted by Gasteiger charge is 2.40. The molecule has 6 heteroatoms. The number of hydrogen-bond donors (Lipinski definition) is 2. The van der Waals surface area contributed by atoms with Gasteiger partial charge in [-0.2, -0.15) is 0 Å². The molecule has 1 heterocycles. The van der Waals surface area contributed by atoms with Gasteiger partial charge in [0.15, 0.2) is 0 Å². The molecule has 2 aliphatic rings. The topological polar surface area (TPSA) is 92.5 Å². The number of nitrogens with zero attached hydrogens (tertiary/aromatic N) is 1. The molecule has 0 radical (unpaired) electrons. The number of nitro groups is 1. The van der Waals surface area contributed by atoms with Crippen LogP contribution >= 0.6 is 0 Å². The number of hydrogen-bond acceptors (Lipinski definition) is 4.